The van der Waals surface area contributed by atoms with Crippen molar-refractivity contribution in [3.05, 3.63) is 0 Å². The fraction of sp³-hybridized carbons (Fsp3) is 1.00. The Kier molecular flexibility index (Phi) is 3.96. The van der Waals surface area contributed by atoms with Crippen LogP contribution in [0.2, 0.25) is 0 Å². The molecule has 1 aliphatic heterocycles. The van der Waals surface area contributed by atoms with Crippen LogP contribution in [0.5, 0.6) is 0 Å². The number of likely N-dealkylation sites (tertiary alicyclic amines) is 1. The van der Waals surface area contributed by atoms with Crippen molar-refractivity contribution >= 4 is 0 Å². The monoisotopic (exact) mass is 198 g/mol. The molecule has 0 aromatic carbocycles. The molecule has 1 rings (SSSR count). The highest BCUT2D eigenvalue weighted by atomic mass is 15.2. The van der Waals surface area contributed by atoms with E-state index in [9.17, 15) is 0 Å². The highest BCUT2D eigenvalue weighted by molar-refractivity contribution is 4.77. The van der Waals surface area contributed by atoms with Gasteiger partial charge in [0.25, 0.3) is 0 Å². The van der Waals surface area contributed by atoms with Crippen molar-refractivity contribution in [1.29, 1.82) is 0 Å². The van der Waals surface area contributed by atoms with E-state index < -0.39 is 0 Å². The molecule has 0 aliphatic carbocycles. The van der Waals surface area contributed by atoms with Crippen LogP contribution in [-0.2, 0) is 0 Å². The molecule has 0 amide bonds. The number of nitrogens with zero attached hydrogens (tertiary/aromatic N) is 2. The van der Waals surface area contributed by atoms with E-state index in [4.69, 9.17) is 0 Å². The van der Waals surface area contributed by atoms with Crippen molar-refractivity contribution in [2.45, 2.75) is 39.7 Å². The minimum atomic E-state index is 0.311. The Morgan fingerprint density at radius 2 is 2.00 bits per heavy atom. The largest absolute Gasteiger partial charge is 0.302 e. The van der Waals surface area contributed by atoms with Gasteiger partial charge in [0.2, 0.25) is 0 Å². The summed E-state index contributed by atoms with van der Waals surface area (Å²) >= 11 is 0. The zero-order valence-corrected chi connectivity index (χ0v) is 10.5. The van der Waals surface area contributed by atoms with Gasteiger partial charge in [-0.15, -0.1) is 0 Å². The number of hydrogen-bond acceptors (Lipinski definition) is 2. The lowest BCUT2D eigenvalue weighted by atomic mass is 10.1. The van der Waals surface area contributed by atoms with E-state index in [1.54, 1.807) is 0 Å². The lowest BCUT2D eigenvalue weighted by molar-refractivity contribution is 0.153. The minimum Gasteiger partial charge on any atom is -0.302 e. The molecule has 2 nitrogen and oxygen atoms in total. The average Bonchev–Trinajstić information content (AvgIpc) is 2.45. The Bertz CT molecular complexity index is 172. The fourth-order valence-corrected chi connectivity index (χ4v) is 1.86. The topological polar surface area (TPSA) is 6.48 Å². The molecule has 1 heterocycles. The Balaban J connectivity index is 2.21. The van der Waals surface area contributed by atoms with Gasteiger partial charge in [0, 0.05) is 25.2 Å². The van der Waals surface area contributed by atoms with Gasteiger partial charge in [-0.2, -0.15) is 0 Å². The highest BCUT2D eigenvalue weighted by Gasteiger charge is 2.21. The maximum atomic E-state index is 2.59. The van der Waals surface area contributed by atoms with Gasteiger partial charge in [-0.05, 0) is 46.7 Å². The van der Waals surface area contributed by atoms with Crippen molar-refractivity contribution in [3.8, 4) is 0 Å². The number of hydrogen-bond donors (Lipinski definition) is 0. The standard InChI is InChI=1S/C12H26N2/c1-11-6-7-14(10-11)9-8-13(5)12(2,3)4/h11H,6-10H2,1-5H3/t11-/m1/s1. The summed E-state index contributed by atoms with van der Waals surface area (Å²) in [5, 5.41) is 0. The summed E-state index contributed by atoms with van der Waals surface area (Å²) in [6.45, 7) is 14.2. The third-order valence-electron chi connectivity index (χ3n) is 3.40. The van der Waals surface area contributed by atoms with Crippen molar-refractivity contribution in [2.75, 3.05) is 33.2 Å². The summed E-state index contributed by atoms with van der Waals surface area (Å²) < 4.78 is 0. The molecular formula is C12H26N2. The zero-order valence-electron chi connectivity index (χ0n) is 10.5. The molecule has 0 N–H and O–H groups in total. The summed E-state index contributed by atoms with van der Waals surface area (Å²) in [5.74, 6) is 0.912. The van der Waals surface area contributed by atoms with Gasteiger partial charge in [-0.3, -0.25) is 0 Å². The third-order valence-corrected chi connectivity index (χ3v) is 3.40. The minimum absolute atomic E-state index is 0.311. The van der Waals surface area contributed by atoms with Gasteiger partial charge in [-0.25, -0.2) is 0 Å². The Morgan fingerprint density at radius 3 is 2.43 bits per heavy atom. The van der Waals surface area contributed by atoms with E-state index in [-0.39, 0.29) is 0 Å². The molecule has 0 radical (unpaired) electrons. The second kappa shape index (κ2) is 4.63. The van der Waals surface area contributed by atoms with E-state index in [1.165, 1.54) is 32.6 Å². The van der Waals surface area contributed by atoms with Crippen molar-refractivity contribution < 1.29 is 0 Å². The molecule has 0 aromatic heterocycles. The molecule has 2 heteroatoms. The van der Waals surface area contributed by atoms with E-state index in [2.05, 4.69) is 44.5 Å². The predicted octanol–water partition coefficient (Wildman–Crippen LogP) is 2.06. The maximum Gasteiger partial charge on any atom is 0.0122 e. The highest BCUT2D eigenvalue weighted by Crippen LogP contribution is 2.15. The van der Waals surface area contributed by atoms with E-state index in [0.29, 0.717) is 5.54 Å². The zero-order chi connectivity index (χ0) is 10.8. The van der Waals surface area contributed by atoms with Gasteiger partial charge < -0.3 is 9.80 Å². The van der Waals surface area contributed by atoms with Crippen molar-refractivity contribution in [1.82, 2.24) is 9.80 Å². The normalized spacial score (nSPS) is 24.9. The van der Waals surface area contributed by atoms with Crippen LogP contribution in [-0.4, -0.2) is 48.6 Å². The second-order valence-corrected chi connectivity index (χ2v) is 5.79. The SMILES string of the molecule is C[C@@H]1CCN(CCN(C)C(C)(C)C)C1. The maximum absolute atomic E-state index is 2.59. The van der Waals surface area contributed by atoms with Crippen LogP contribution in [0.25, 0.3) is 0 Å². The molecule has 1 fully saturated rings. The summed E-state index contributed by atoms with van der Waals surface area (Å²) in [6.07, 6.45) is 1.39. The number of rotatable bonds is 3. The molecule has 1 saturated heterocycles. The van der Waals surface area contributed by atoms with Crippen LogP contribution in [0.15, 0.2) is 0 Å². The smallest absolute Gasteiger partial charge is 0.0122 e. The van der Waals surface area contributed by atoms with Crippen LogP contribution < -0.4 is 0 Å². The van der Waals surface area contributed by atoms with Gasteiger partial charge in [0.1, 0.15) is 0 Å². The van der Waals surface area contributed by atoms with E-state index >= 15 is 0 Å². The molecule has 0 bridgehead atoms. The van der Waals surface area contributed by atoms with Gasteiger partial charge in [-0.1, -0.05) is 6.92 Å². The van der Waals surface area contributed by atoms with Crippen LogP contribution in [0, 0.1) is 5.92 Å². The van der Waals surface area contributed by atoms with Crippen LogP contribution in [0.3, 0.4) is 0 Å². The second-order valence-electron chi connectivity index (χ2n) is 5.79. The van der Waals surface area contributed by atoms with E-state index in [1.807, 2.05) is 0 Å². The quantitative estimate of drug-likeness (QED) is 0.685. The summed E-state index contributed by atoms with van der Waals surface area (Å²) in [5.41, 5.74) is 0.311. The molecule has 1 aliphatic rings. The Hall–Kier alpha value is -0.0800. The lowest BCUT2D eigenvalue weighted by Gasteiger charge is -2.33. The van der Waals surface area contributed by atoms with Crippen molar-refractivity contribution in [2.24, 2.45) is 5.92 Å². The molecule has 0 aromatic rings. The molecule has 84 valence electrons. The van der Waals surface area contributed by atoms with Gasteiger partial charge >= 0.3 is 0 Å². The molecule has 0 spiro atoms. The first-order valence-electron chi connectivity index (χ1n) is 5.83. The molecule has 1 atom stereocenters. The van der Waals surface area contributed by atoms with Crippen LogP contribution in [0.4, 0.5) is 0 Å². The molecule has 0 saturated carbocycles. The molecule has 0 unspecified atom stereocenters. The van der Waals surface area contributed by atoms with E-state index in [0.717, 1.165) is 5.92 Å². The predicted molar refractivity (Wildman–Crippen MR) is 62.6 cm³/mol. The first-order chi connectivity index (χ1) is 6.39. The first kappa shape index (κ1) is 12.0. The summed E-state index contributed by atoms with van der Waals surface area (Å²) in [4.78, 5) is 5.03. The van der Waals surface area contributed by atoms with Gasteiger partial charge in [0.05, 0.1) is 0 Å². The van der Waals surface area contributed by atoms with Crippen LogP contribution >= 0.6 is 0 Å². The number of likely N-dealkylation sites (N-methyl/N-ethyl adjacent to an activating group) is 1. The third kappa shape index (κ3) is 3.58. The Labute approximate surface area is 89.3 Å². The van der Waals surface area contributed by atoms with Crippen molar-refractivity contribution in [3.63, 3.8) is 0 Å². The van der Waals surface area contributed by atoms with Crippen LogP contribution in [0.1, 0.15) is 34.1 Å². The average molecular weight is 198 g/mol. The lowest BCUT2D eigenvalue weighted by Crippen LogP contribution is -2.42. The van der Waals surface area contributed by atoms with Gasteiger partial charge in [0.15, 0.2) is 0 Å². The molecular weight excluding hydrogens is 172 g/mol. The first-order valence-corrected chi connectivity index (χ1v) is 5.83. The fourth-order valence-electron chi connectivity index (χ4n) is 1.86. The summed E-state index contributed by atoms with van der Waals surface area (Å²) in [6, 6.07) is 0. The Morgan fingerprint density at radius 1 is 1.36 bits per heavy atom. The molecule has 14 heavy (non-hydrogen) atoms. The summed E-state index contributed by atoms with van der Waals surface area (Å²) in [7, 11) is 2.22.